The average molecular weight is 494 g/mol. The molecule has 2 aromatic rings. The van der Waals surface area contributed by atoms with Crippen LogP contribution in [-0.4, -0.2) is 22.4 Å². The second-order valence-corrected chi connectivity index (χ2v) is 21.5. The standard InChI is InChI=1S/C30H47NOSi2/c1-10-17-26(22-23-33(5,6)7)28(31-24-25-18-13-11-14-19-25)29(27-20-15-12-16-21-27)32-34(8,9)30(2,3)4/h11-16,18-21,26,28-29,31H,10,17,24H2,1-9H3/t26-,28-,29+/m0/s1. The van der Waals surface area contributed by atoms with E-state index in [1.54, 1.807) is 0 Å². The summed E-state index contributed by atoms with van der Waals surface area (Å²) in [7, 11) is -3.52. The third-order valence-corrected chi connectivity index (χ3v) is 12.1. The Morgan fingerprint density at radius 2 is 1.44 bits per heavy atom. The first-order valence-electron chi connectivity index (χ1n) is 12.9. The van der Waals surface area contributed by atoms with Crippen molar-refractivity contribution < 1.29 is 4.43 Å². The van der Waals surface area contributed by atoms with Gasteiger partial charge < -0.3 is 9.74 Å². The highest BCUT2D eigenvalue weighted by atomic mass is 28.4. The predicted molar refractivity (Wildman–Crippen MR) is 154 cm³/mol. The number of benzene rings is 2. The normalized spacial score (nSPS) is 15.2. The lowest BCUT2D eigenvalue weighted by Crippen LogP contribution is -2.49. The van der Waals surface area contributed by atoms with Crippen LogP contribution < -0.4 is 5.32 Å². The Kier molecular flexibility index (Phi) is 10.4. The minimum Gasteiger partial charge on any atom is -0.408 e. The Morgan fingerprint density at radius 3 is 1.94 bits per heavy atom. The fraction of sp³-hybridized carbons (Fsp3) is 0.533. The van der Waals surface area contributed by atoms with Gasteiger partial charge in [0.1, 0.15) is 8.07 Å². The van der Waals surface area contributed by atoms with E-state index in [-0.39, 0.29) is 23.1 Å². The van der Waals surface area contributed by atoms with E-state index in [9.17, 15) is 0 Å². The summed E-state index contributed by atoms with van der Waals surface area (Å²) in [6, 6.07) is 21.6. The van der Waals surface area contributed by atoms with Crippen LogP contribution in [0.1, 0.15) is 57.8 Å². The molecule has 1 N–H and O–H groups in total. The molecule has 34 heavy (non-hydrogen) atoms. The molecule has 0 saturated heterocycles. The highest BCUT2D eigenvalue weighted by Gasteiger charge is 2.42. The van der Waals surface area contributed by atoms with Crippen LogP contribution in [0, 0.1) is 17.4 Å². The molecule has 0 unspecified atom stereocenters. The fourth-order valence-electron chi connectivity index (χ4n) is 3.74. The molecule has 2 rings (SSSR count). The molecule has 0 heterocycles. The molecule has 2 nitrogen and oxygen atoms in total. The number of nitrogens with one attached hydrogen (secondary N) is 1. The summed E-state index contributed by atoms with van der Waals surface area (Å²) < 4.78 is 7.22. The second kappa shape index (κ2) is 12.4. The van der Waals surface area contributed by atoms with Crippen molar-refractivity contribution in [2.75, 3.05) is 0 Å². The van der Waals surface area contributed by atoms with E-state index in [0.717, 1.165) is 19.4 Å². The molecule has 2 aromatic carbocycles. The monoisotopic (exact) mass is 493 g/mol. The van der Waals surface area contributed by atoms with Gasteiger partial charge in [0.05, 0.1) is 12.1 Å². The van der Waals surface area contributed by atoms with Crippen molar-refractivity contribution in [1.82, 2.24) is 5.32 Å². The molecule has 0 aliphatic rings. The zero-order valence-corrected chi connectivity index (χ0v) is 25.0. The average Bonchev–Trinajstić information content (AvgIpc) is 2.76. The number of hydrogen-bond acceptors (Lipinski definition) is 2. The van der Waals surface area contributed by atoms with Gasteiger partial charge in [-0.1, -0.05) is 114 Å². The van der Waals surface area contributed by atoms with Gasteiger partial charge in [-0.15, -0.1) is 11.5 Å². The minimum absolute atomic E-state index is 0.0433. The topological polar surface area (TPSA) is 21.3 Å². The van der Waals surface area contributed by atoms with Gasteiger partial charge in [0.25, 0.3) is 0 Å². The van der Waals surface area contributed by atoms with Gasteiger partial charge in [-0.3, -0.25) is 0 Å². The minimum atomic E-state index is -2.03. The van der Waals surface area contributed by atoms with Crippen LogP contribution >= 0.6 is 0 Å². The van der Waals surface area contributed by atoms with Gasteiger partial charge >= 0.3 is 0 Å². The molecule has 0 aliphatic carbocycles. The van der Waals surface area contributed by atoms with Crippen molar-refractivity contribution in [2.24, 2.45) is 5.92 Å². The highest BCUT2D eigenvalue weighted by Crippen LogP contribution is 2.41. The quantitative estimate of drug-likeness (QED) is 0.266. The molecular formula is C30H47NOSi2. The third-order valence-electron chi connectivity index (χ3n) is 6.73. The van der Waals surface area contributed by atoms with Crippen molar-refractivity contribution in [1.29, 1.82) is 0 Å². The van der Waals surface area contributed by atoms with E-state index in [1.165, 1.54) is 11.1 Å². The number of hydrogen-bond donors (Lipinski definition) is 1. The van der Waals surface area contributed by atoms with E-state index < -0.39 is 16.4 Å². The van der Waals surface area contributed by atoms with Crippen molar-refractivity contribution in [3.63, 3.8) is 0 Å². The van der Waals surface area contributed by atoms with Crippen LogP contribution in [-0.2, 0) is 11.0 Å². The molecule has 186 valence electrons. The first-order valence-corrected chi connectivity index (χ1v) is 19.3. The van der Waals surface area contributed by atoms with Crippen LogP contribution in [0.2, 0.25) is 37.8 Å². The summed E-state index contributed by atoms with van der Waals surface area (Å²) in [5.74, 6) is 3.99. The van der Waals surface area contributed by atoms with Gasteiger partial charge in [-0.25, -0.2) is 0 Å². The Bertz CT molecular complexity index is 918. The maximum atomic E-state index is 7.22. The lowest BCUT2D eigenvalue weighted by Gasteiger charge is -2.43. The molecule has 0 bridgehead atoms. The van der Waals surface area contributed by atoms with Crippen LogP contribution in [0.15, 0.2) is 60.7 Å². The Hall–Kier alpha value is -1.65. The van der Waals surface area contributed by atoms with Crippen LogP contribution in [0.5, 0.6) is 0 Å². The SMILES string of the molecule is CCC[C@@H](C#C[Si](C)(C)C)[C@H](NCc1ccccc1)[C@H](O[Si](C)(C)C(C)(C)C)c1ccccc1. The summed E-state index contributed by atoms with van der Waals surface area (Å²) >= 11 is 0. The Balaban J connectivity index is 2.56. The fourth-order valence-corrected chi connectivity index (χ4v) is 5.63. The number of rotatable bonds is 10. The summed E-state index contributed by atoms with van der Waals surface area (Å²) in [6.45, 7) is 21.8. The van der Waals surface area contributed by atoms with Crippen molar-refractivity contribution >= 4 is 16.4 Å². The van der Waals surface area contributed by atoms with E-state index in [1.807, 2.05) is 0 Å². The molecule has 0 amide bonds. The molecule has 0 saturated carbocycles. The first-order chi connectivity index (χ1) is 15.8. The van der Waals surface area contributed by atoms with Gasteiger partial charge in [-0.2, -0.15) is 0 Å². The van der Waals surface area contributed by atoms with Crippen LogP contribution in [0.3, 0.4) is 0 Å². The molecular weight excluding hydrogens is 447 g/mol. The zero-order valence-electron chi connectivity index (χ0n) is 23.0. The van der Waals surface area contributed by atoms with E-state index in [4.69, 9.17) is 4.43 Å². The maximum Gasteiger partial charge on any atom is 0.192 e. The Labute approximate surface area is 212 Å². The van der Waals surface area contributed by atoms with Gasteiger partial charge in [0.2, 0.25) is 0 Å². The van der Waals surface area contributed by atoms with E-state index in [2.05, 4.69) is 138 Å². The van der Waals surface area contributed by atoms with Crippen molar-refractivity contribution in [3.05, 3.63) is 71.8 Å². The molecule has 0 aliphatic heterocycles. The molecule has 0 fully saturated rings. The maximum absolute atomic E-state index is 7.22. The molecule has 0 radical (unpaired) electrons. The summed E-state index contributed by atoms with van der Waals surface area (Å²) in [5.41, 5.74) is 6.23. The van der Waals surface area contributed by atoms with Crippen molar-refractivity contribution in [3.8, 4) is 11.5 Å². The summed E-state index contributed by atoms with van der Waals surface area (Å²) in [6.07, 6.45) is 2.13. The van der Waals surface area contributed by atoms with Gasteiger partial charge in [0, 0.05) is 12.5 Å². The van der Waals surface area contributed by atoms with Gasteiger partial charge in [-0.05, 0) is 35.7 Å². The zero-order chi connectivity index (χ0) is 25.4. The second-order valence-electron chi connectivity index (χ2n) is 12.0. The van der Waals surface area contributed by atoms with E-state index >= 15 is 0 Å². The molecule has 3 atom stereocenters. The Morgan fingerprint density at radius 1 is 0.882 bits per heavy atom. The van der Waals surface area contributed by atoms with Crippen molar-refractivity contribution in [2.45, 2.75) is 97.0 Å². The molecule has 0 aromatic heterocycles. The van der Waals surface area contributed by atoms with Crippen LogP contribution in [0.4, 0.5) is 0 Å². The third kappa shape index (κ3) is 8.85. The lowest BCUT2D eigenvalue weighted by atomic mass is 9.88. The first kappa shape index (κ1) is 28.6. The molecule has 4 heteroatoms. The summed E-state index contributed by atoms with van der Waals surface area (Å²) in [5, 5.41) is 4.07. The smallest absolute Gasteiger partial charge is 0.192 e. The van der Waals surface area contributed by atoms with E-state index in [0.29, 0.717) is 0 Å². The van der Waals surface area contributed by atoms with Gasteiger partial charge in [0.15, 0.2) is 8.32 Å². The van der Waals surface area contributed by atoms with Crippen LogP contribution in [0.25, 0.3) is 0 Å². The summed E-state index contributed by atoms with van der Waals surface area (Å²) in [4.78, 5) is 0. The largest absolute Gasteiger partial charge is 0.408 e. The predicted octanol–water partition coefficient (Wildman–Crippen LogP) is 8.21. The highest BCUT2D eigenvalue weighted by molar-refractivity contribution is 6.83. The molecule has 0 spiro atoms. The lowest BCUT2D eigenvalue weighted by molar-refractivity contribution is 0.114.